The van der Waals surface area contributed by atoms with Gasteiger partial charge in [-0.2, -0.15) is 0 Å². The number of nitrogens with zero attached hydrogens (tertiary/aromatic N) is 4. The molecule has 5 nitrogen and oxygen atoms in total. The molecule has 0 N–H and O–H groups in total. The number of hydrogen-bond acceptors (Lipinski definition) is 3. The molecule has 0 atom stereocenters. The van der Waals surface area contributed by atoms with Gasteiger partial charge in [0.25, 0.3) is 5.91 Å². The van der Waals surface area contributed by atoms with Crippen molar-refractivity contribution in [1.29, 1.82) is 0 Å². The van der Waals surface area contributed by atoms with E-state index < -0.39 is 0 Å². The van der Waals surface area contributed by atoms with E-state index in [0.29, 0.717) is 31.7 Å². The monoisotopic (exact) mass is 458 g/mol. The molecule has 1 amide bonds. The molecule has 4 aromatic rings. The summed E-state index contributed by atoms with van der Waals surface area (Å²) < 4.78 is 29.0. The van der Waals surface area contributed by atoms with Crippen LogP contribution in [0.3, 0.4) is 0 Å². The van der Waals surface area contributed by atoms with Crippen LogP contribution in [-0.4, -0.2) is 51.4 Å². The van der Waals surface area contributed by atoms with E-state index in [1.54, 1.807) is 36.8 Å². The van der Waals surface area contributed by atoms with Crippen molar-refractivity contribution in [3.8, 4) is 5.69 Å². The summed E-state index contributed by atoms with van der Waals surface area (Å²) in [5.41, 5.74) is 3.46. The predicted molar refractivity (Wildman–Crippen MR) is 126 cm³/mol. The Morgan fingerprint density at radius 1 is 0.765 bits per heavy atom. The maximum Gasteiger partial charge on any atom is 0.253 e. The maximum absolute atomic E-state index is 13.5. The van der Waals surface area contributed by atoms with Crippen LogP contribution in [0, 0.1) is 11.6 Å². The molecule has 1 aromatic heterocycles. The number of imidazole rings is 1. The lowest BCUT2D eigenvalue weighted by atomic mass is 9.96. The zero-order valence-corrected chi connectivity index (χ0v) is 18.5. The molecular formula is C27H24F2N4O. The molecule has 0 aliphatic carbocycles. The Balaban J connectivity index is 1.30. The molecule has 1 saturated heterocycles. The number of amides is 1. The van der Waals surface area contributed by atoms with Crippen molar-refractivity contribution in [3.63, 3.8) is 0 Å². The van der Waals surface area contributed by atoms with Crippen molar-refractivity contribution in [3.05, 3.63) is 120 Å². The number of carbonyl (C=O) groups is 1. The second kappa shape index (κ2) is 9.57. The zero-order valence-electron chi connectivity index (χ0n) is 18.5. The quantitative estimate of drug-likeness (QED) is 0.436. The Morgan fingerprint density at radius 3 is 1.82 bits per heavy atom. The predicted octanol–water partition coefficient (Wildman–Crippen LogP) is 4.70. The lowest BCUT2D eigenvalue weighted by Gasteiger charge is -2.39. The highest BCUT2D eigenvalue weighted by Crippen LogP contribution is 2.30. The minimum atomic E-state index is -0.295. The molecule has 1 aliphatic rings. The summed E-state index contributed by atoms with van der Waals surface area (Å²) in [7, 11) is 0. The topological polar surface area (TPSA) is 41.4 Å². The van der Waals surface area contributed by atoms with Gasteiger partial charge in [-0.25, -0.2) is 13.8 Å². The van der Waals surface area contributed by atoms with E-state index in [9.17, 15) is 13.6 Å². The molecule has 0 unspecified atom stereocenters. The summed E-state index contributed by atoms with van der Waals surface area (Å²) in [4.78, 5) is 21.3. The van der Waals surface area contributed by atoms with E-state index in [2.05, 4.69) is 9.88 Å². The molecular weight excluding hydrogens is 434 g/mol. The second-order valence-corrected chi connectivity index (χ2v) is 8.35. The number of carbonyl (C=O) groups excluding carboxylic acids is 1. The number of rotatable bonds is 5. The number of benzene rings is 3. The number of hydrogen-bond donors (Lipinski definition) is 0. The minimum Gasteiger partial charge on any atom is -0.336 e. The zero-order chi connectivity index (χ0) is 23.5. The number of halogens is 2. The Labute approximate surface area is 196 Å². The molecule has 7 heteroatoms. The van der Waals surface area contributed by atoms with Gasteiger partial charge in [-0.05, 0) is 59.7 Å². The highest BCUT2D eigenvalue weighted by molar-refractivity contribution is 5.94. The fourth-order valence-electron chi connectivity index (χ4n) is 4.46. The normalized spacial score (nSPS) is 14.5. The van der Waals surface area contributed by atoms with E-state index in [1.165, 1.54) is 24.3 Å². The van der Waals surface area contributed by atoms with Gasteiger partial charge in [0, 0.05) is 49.8 Å². The summed E-state index contributed by atoms with van der Waals surface area (Å²) >= 11 is 0. The maximum atomic E-state index is 13.5. The highest BCUT2D eigenvalue weighted by atomic mass is 19.1. The molecule has 34 heavy (non-hydrogen) atoms. The fraction of sp³-hybridized carbons (Fsp3) is 0.185. The van der Waals surface area contributed by atoms with Gasteiger partial charge in [-0.1, -0.05) is 24.3 Å². The first-order valence-electron chi connectivity index (χ1n) is 11.2. The Kier molecular flexibility index (Phi) is 6.18. The number of piperazine rings is 1. The summed E-state index contributed by atoms with van der Waals surface area (Å²) in [6.45, 7) is 2.44. The van der Waals surface area contributed by atoms with E-state index in [4.69, 9.17) is 0 Å². The molecule has 1 fully saturated rings. The molecule has 0 saturated carbocycles. The van der Waals surface area contributed by atoms with E-state index in [-0.39, 0.29) is 23.6 Å². The van der Waals surface area contributed by atoms with Gasteiger partial charge in [-0.3, -0.25) is 9.69 Å². The first kappa shape index (κ1) is 22.0. The molecule has 1 aliphatic heterocycles. The van der Waals surface area contributed by atoms with Crippen LogP contribution in [0.1, 0.15) is 27.5 Å². The Hall–Kier alpha value is -3.84. The van der Waals surface area contributed by atoms with Crippen LogP contribution < -0.4 is 0 Å². The van der Waals surface area contributed by atoms with E-state index in [0.717, 1.165) is 16.8 Å². The molecule has 0 bridgehead atoms. The van der Waals surface area contributed by atoms with Gasteiger partial charge in [-0.15, -0.1) is 0 Å². The molecule has 5 rings (SSSR count). The first-order valence-corrected chi connectivity index (χ1v) is 11.2. The van der Waals surface area contributed by atoms with Crippen molar-refractivity contribution < 1.29 is 13.6 Å². The van der Waals surface area contributed by atoms with Gasteiger partial charge >= 0.3 is 0 Å². The van der Waals surface area contributed by atoms with Crippen LogP contribution >= 0.6 is 0 Å². The van der Waals surface area contributed by atoms with Crippen molar-refractivity contribution in [2.45, 2.75) is 6.04 Å². The first-order chi connectivity index (χ1) is 16.6. The van der Waals surface area contributed by atoms with E-state index >= 15 is 0 Å². The van der Waals surface area contributed by atoms with Crippen LogP contribution in [0.25, 0.3) is 5.69 Å². The van der Waals surface area contributed by atoms with Gasteiger partial charge in [0.2, 0.25) is 0 Å². The highest BCUT2D eigenvalue weighted by Gasteiger charge is 2.28. The van der Waals surface area contributed by atoms with Crippen LogP contribution in [0.5, 0.6) is 0 Å². The number of aromatic nitrogens is 2. The van der Waals surface area contributed by atoms with Crippen LogP contribution in [0.2, 0.25) is 0 Å². The summed E-state index contributed by atoms with van der Waals surface area (Å²) in [5.74, 6) is -0.593. The summed E-state index contributed by atoms with van der Waals surface area (Å²) in [5, 5.41) is 0. The van der Waals surface area contributed by atoms with Crippen molar-refractivity contribution in [2.75, 3.05) is 26.2 Å². The molecule has 172 valence electrons. The third kappa shape index (κ3) is 4.61. The molecule has 3 aromatic carbocycles. The van der Waals surface area contributed by atoms with Gasteiger partial charge in [0.05, 0.1) is 12.4 Å². The second-order valence-electron chi connectivity index (χ2n) is 8.35. The lowest BCUT2D eigenvalue weighted by molar-refractivity contribution is 0.0597. The summed E-state index contributed by atoms with van der Waals surface area (Å²) in [6, 6.07) is 20.2. The van der Waals surface area contributed by atoms with Gasteiger partial charge in [0.15, 0.2) is 0 Å². The van der Waals surface area contributed by atoms with Gasteiger partial charge < -0.3 is 9.47 Å². The van der Waals surface area contributed by atoms with Crippen molar-refractivity contribution in [1.82, 2.24) is 19.4 Å². The van der Waals surface area contributed by atoms with Crippen molar-refractivity contribution in [2.24, 2.45) is 0 Å². The summed E-state index contributed by atoms with van der Waals surface area (Å²) in [6.07, 6.45) is 5.28. The smallest absolute Gasteiger partial charge is 0.253 e. The molecule has 2 heterocycles. The van der Waals surface area contributed by atoms with Crippen molar-refractivity contribution >= 4 is 5.91 Å². The average Bonchev–Trinajstić information content (AvgIpc) is 3.42. The SMILES string of the molecule is O=C(c1ccc(-n2ccnc2)cc1)N1CCN(C(c2ccc(F)cc2)c2ccc(F)cc2)CC1. The van der Waals surface area contributed by atoms with Crippen LogP contribution in [0.15, 0.2) is 91.5 Å². The van der Waals surface area contributed by atoms with Crippen LogP contribution in [0.4, 0.5) is 8.78 Å². The lowest BCUT2D eigenvalue weighted by Crippen LogP contribution is -2.49. The molecule has 0 spiro atoms. The average molecular weight is 459 g/mol. The Morgan fingerprint density at radius 2 is 1.32 bits per heavy atom. The fourth-order valence-corrected chi connectivity index (χ4v) is 4.46. The Bertz CT molecular complexity index is 1190. The minimum absolute atomic E-state index is 0.00283. The van der Waals surface area contributed by atoms with Crippen LogP contribution in [-0.2, 0) is 0 Å². The third-order valence-corrected chi connectivity index (χ3v) is 6.25. The van der Waals surface area contributed by atoms with Gasteiger partial charge in [0.1, 0.15) is 11.6 Å². The third-order valence-electron chi connectivity index (χ3n) is 6.25. The molecule has 0 radical (unpaired) electrons. The standard InChI is InChI=1S/C27H24F2N4O/c28-23-7-1-20(2-8-23)26(21-3-9-24(29)10-4-21)31-15-17-32(18-16-31)27(34)22-5-11-25(12-6-22)33-14-13-30-19-33/h1-14,19,26H,15-18H2. The van der Waals surface area contributed by atoms with E-state index in [1.807, 2.05) is 39.9 Å². The largest absolute Gasteiger partial charge is 0.336 e.